The number of nitrogens with zero attached hydrogens (tertiary/aromatic N) is 1. The Hall–Kier alpha value is -2.41. The second kappa shape index (κ2) is 5.90. The Balaban J connectivity index is 1.81. The highest BCUT2D eigenvalue weighted by Gasteiger charge is 2.28. The average molecular weight is 312 g/mol. The van der Waals surface area contributed by atoms with Crippen molar-refractivity contribution in [3.63, 3.8) is 0 Å². The molecule has 1 aromatic heterocycles. The number of aromatic nitrogens is 1. The lowest BCUT2D eigenvalue weighted by Gasteiger charge is -2.17. The molecule has 0 saturated carbocycles. The van der Waals surface area contributed by atoms with Crippen LogP contribution >= 0.6 is 0 Å². The Kier molecular flexibility index (Phi) is 3.72. The van der Waals surface area contributed by atoms with E-state index in [0.29, 0.717) is 5.92 Å². The van der Waals surface area contributed by atoms with Crippen LogP contribution in [0.15, 0.2) is 48.5 Å². The highest BCUT2D eigenvalue weighted by atomic mass is 14.7. The van der Waals surface area contributed by atoms with E-state index in [1.54, 1.807) is 0 Å². The molecule has 1 heterocycles. The second-order valence-corrected chi connectivity index (χ2v) is 6.95. The molecule has 3 aromatic rings. The molecule has 24 heavy (non-hydrogen) atoms. The minimum absolute atomic E-state index is 0.465. The third-order valence-electron chi connectivity index (χ3n) is 5.23. The fraction of sp³-hybridized carbons (Fsp3) is 0.261. The SMILES string of the molecule is Cc1ccc(-c2[c]nc3c(c2C)C(c2ccc(C)cc2)CC3)cc1. The van der Waals surface area contributed by atoms with Crippen molar-refractivity contribution in [1.29, 1.82) is 0 Å². The molecule has 2 aromatic carbocycles. The first kappa shape index (κ1) is 15.1. The molecule has 4 rings (SSSR count). The van der Waals surface area contributed by atoms with E-state index in [4.69, 9.17) is 0 Å². The fourth-order valence-corrected chi connectivity index (χ4v) is 3.83. The van der Waals surface area contributed by atoms with Gasteiger partial charge in [0.2, 0.25) is 0 Å². The van der Waals surface area contributed by atoms with Crippen LogP contribution in [0.4, 0.5) is 0 Å². The third kappa shape index (κ3) is 2.54. The Bertz CT molecular complexity index is 873. The van der Waals surface area contributed by atoms with Crippen LogP contribution in [0.1, 0.15) is 45.8 Å². The molecule has 0 amide bonds. The van der Waals surface area contributed by atoms with E-state index in [1.165, 1.54) is 39.1 Å². The maximum Gasteiger partial charge on any atom is 0.0977 e. The van der Waals surface area contributed by atoms with Crippen molar-refractivity contribution in [3.05, 3.63) is 88.2 Å². The Morgan fingerprint density at radius 3 is 2.17 bits per heavy atom. The highest BCUT2D eigenvalue weighted by Crippen LogP contribution is 2.41. The summed E-state index contributed by atoms with van der Waals surface area (Å²) < 4.78 is 0. The molecule has 1 atom stereocenters. The number of aryl methyl sites for hydroxylation is 3. The quantitative estimate of drug-likeness (QED) is 0.604. The summed E-state index contributed by atoms with van der Waals surface area (Å²) in [5.41, 5.74) is 10.4. The van der Waals surface area contributed by atoms with Crippen molar-refractivity contribution in [3.8, 4) is 11.1 Å². The third-order valence-corrected chi connectivity index (χ3v) is 5.23. The number of pyridine rings is 1. The van der Waals surface area contributed by atoms with Crippen LogP contribution < -0.4 is 0 Å². The summed E-state index contributed by atoms with van der Waals surface area (Å²) in [6.45, 7) is 6.50. The lowest BCUT2D eigenvalue weighted by molar-refractivity contribution is 0.783. The fourth-order valence-electron chi connectivity index (χ4n) is 3.83. The van der Waals surface area contributed by atoms with E-state index in [0.717, 1.165) is 18.4 Å². The first-order chi connectivity index (χ1) is 11.6. The van der Waals surface area contributed by atoms with Gasteiger partial charge in [-0.15, -0.1) is 0 Å². The second-order valence-electron chi connectivity index (χ2n) is 6.95. The Labute approximate surface area is 144 Å². The number of benzene rings is 2. The molecule has 0 bridgehead atoms. The standard InChI is InChI=1S/C23H22N/c1-15-4-8-18(9-5-15)20-12-13-22-23(20)17(3)21(14-24-22)19-10-6-16(2)7-11-19/h4-11,20H,12-13H2,1-3H3. The number of hydrogen-bond donors (Lipinski definition) is 0. The molecule has 1 aliphatic rings. The monoisotopic (exact) mass is 312 g/mol. The van der Waals surface area contributed by atoms with Crippen molar-refractivity contribution in [1.82, 2.24) is 4.98 Å². The van der Waals surface area contributed by atoms with Crippen molar-refractivity contribution >= 4 is 0 Å². The molecule has 1 heteroatoms. The van der Waals surface area contributed by atoms with Crippen LogP contribution in [0.5, 0.6) is 0 Å². The van der Waals surface area contributed by atoms with E-state index in [1.807, 2.05) is 0 Å². The predicted octanol–water partition coefficient (Wildman–Crippen LogP) is 5.55. The van der Waals surface area contributed by atoms with Crippen molar-refractivity contribution in [2.24, 2.45) is 0 Å². The summed E-state index contributed by atoms with van der Waals surface area (Å²) in [6, 6.07) is 17.7. The summed E-state index contributed by atoms with van der Waals surface area (Å²) in [4.78, 5) is 4.69. The maximum atomic E-state index is 4.69. The molecule has 1 aliphatic carbocycles. The zero-order chi connectivity index (χ0) is 16.7. The number of hydrogen-bond acceptors (Lipinski definition) is 1. The van der Waals surface area contributed by atoms with Crippen LogP contribution in [-0.4, -0.2) is 4.98 Å². The molecule has 1 radical (unpaired) electrons. The molecule has 0 fully saturated rings. The molecule has 119 valence electrons. The molecular weight excluding hydrogens is 290 g/mol. The summed E-state index contributed by atoms with van der Waals surface area (Å²) in [7, 11) is 0. The maximum absolute atomic E-state index is 4.69. The first-order valence-electron chi connectivity index (χ1n) is 8.68. The van der Waals surface area contributed by atoms with Gasteiger partial charge < -0.3 is 0 Å². The van der Waals surface area contributed by atoms with E-state index in [-0.39, 0.29) is 0 Å². The molecule has 0 N–H and O–H groups in total. The van der Waals surface area contributed by atoms with Crippen LogP contribution in [0.25, 0.3) is 11.1 Å². The molecule has 1 unspecified atom stereocenters. The van der Waals surface area contributed by atoms with Crippen LogP contribution in [0.2, 0.25) is 0 Å². The summed E-state index contributed by atoms with van der Waals surface area (Å²) in [6.07, 6.45) is 5.51. The van der Waals surface area contributed by atoms with Crippen LogP contribution in [0.3, 0.4) is 0 Å². The lowest BCUT2D eigenvalue weighted by atomic mass is 9.88. The first-order valence-corrected chi connectivity index (χ1v) is 8.68. The van der Waals surface area contributed by atoms with Crippen molar-refractivity contribution < 1.29 is 0 Å². The minimum Gasteiger partial charge on any atom is -0.250 e. The van der Waals surface area contributed by atoms with Gasteiger partial charge in [-0.05, 0) is 55.9 Å². The lowest BCUT2D eigenvalue weighted by Crippen LogP contribution is -2.02. The zero-order valence-electron chi connectivity index (χ0n) is 14.6. The Morgan fingerprint density at radius 1 is 0.875 bits per heavy atom. The summed E-state index contributed by atoms with van der Waals surface area (Å²) in [5, 5.41) is 0. The average Bonchev–Trinajstić information content (AvgIpc) is 3.02. The van der Waals surface area contributed by atoms with Gasteiger partial charge in [-0.25, -0.2) is 0 Å². The zero-order valence-corrected chi connectivity index (χ0v) is 14.6. The molecule has 0 aliphatic heterocycles. The van der Waals surface area contributed by atoms with Gasteiger partial charge in [0.15, 0.2) is 0 Å². The highest BCUT2D eigenvalue weighted by molar-refractivity contribution is 5.69. The van der Waals surface area contributed by atoms with Crippen LogP contribution in [-0.2, 0) is 6.42 Å². The summed E-state index contributed by atoms with van der Waals surface area (Å²) in [5.74, 6) is 0.465. The van der Waals surface area contributed by atoms with E-state index < -0.39 is 0 Å². The van der Waals surface area contributed by atoms with E-state index in [9.17, 15) is 0 Å². The van der Waals surface area contributed by atoms with E-state index >= 15 is 0 Å². The van der Waals surface area contributed by atoms with Gasteiger partial charge >= 0.3 is 0 Å². The van der Waals surface area contributed by atoms with Crippen molar-refractivity contribution in [2.75, 3.05) is 0 Å². The smallest absolute Gasteiger partial charge is 0.0977 e. The van der Waals surface area contributed by atoms with Gasteiger partial charge in [0.25, 0.3) is 0 Å². The number of rotatable bonds is 2. The number of fused-ring (bicyclic) bond motifs is 1. The molecule has 0 spiro atoms. The van der Waals surface area contributed by atoms with Gasteiger partial charge in [0, 0.05) is 17.2 Å². The van der Waals surface area contributed by atoms with E-state index in [2.05, 4.69) is 80.5 Å². The minimum atomic E-state index is 0.465. The topological polar surface area (TPSA) is 12.9 Å². The molecule has 0 saturated heterocycles. The molecular formula is C23H22N. The summed E-state index contributed by atoms with van der Waals surface area (Å²) >= 11 is 0. The normalized spacial score (nSPS) is 16.2. The van der Waals surface area contributed by atoms with Gasteiger partial charge in [-0.1, -0.05) is 59.7 Å². The van der Waals surface area contributed by atoms with Crippen LogP contribution in [0, 0.1) is 27.0 Å². The van der Waals surface area contributed by atoms with Gasteiger partial charge in [0.1, 0.15) is 0 Å². The van der Waals surface area contributed by atoms with Gasteiger partial charge in [0.05, 0.1) is 6.20 Å². The van der Waals surface area contributed by atoms with Gasteiger partial charge in [-0.3, -0.25) is 4.98 Å². The van der Waals surface area contributed by atoms with Gasteiger partial charge in [-0.2, -0.15) is 0 Å². The molecule has 1 nitrogen and oxygen atoms in total. The largest absolute Gasteiger partial charge is 0.250 e. The Morgan fingerprint density at radius 2 is 1.50 bits per heavy atom. The predicted molar refractivity (Wildman–Crippen MR) is 99.3 cm³/mol. The van der Waals surface area contributed by atoms with Crippen molar-refractivity contribution in [2.45, 2.75) is 39.5 Å².